The van der Waals surface area contributed by atoms with Gasteiger partial charge in [-0.05, 0) is 18.4 Å². The quantitative estimate of drug-likeness (QED) is 0.875. The number of amides is 1. The van der Waals surface area contributed by atoms with Crippen molar-refractivity contribution in [2.45, 2.75) is 45.4 Å². The van der Waals surface area contributed by atoms with Crippen LogP contribution in [0.25, 0.3) is 0 Å². The smallest absolute Gasteiger partial charge is 0.241 e. The van der Waals surface area contributed by atoms with Gasteiger partial charge in [0.2, 0.25) is 5.91 Å². The second kappa shape index (κ2) is 7.05. The Labute approximate surface area is 127 Å². The van der Waals surface area contributed by atoms with Gasteiger partial charge in [-0.2, -0.15) is 0 Å². The number of carbonyl (C=O) groups is 1. The minimum Gasteiger partial charge on any atom is -0.383 e. The molecule has 1 fully saturated rings. The molecule has 1 aromatic carbocycles. The van der Waals surface area contributed by atoms with E-state index in [1.807, 2.05) is 30.0 Å². The van der Waals surface area contributed by atoms with Gasteiger partial charge >= 0.3 is 0 Å². The Morgan fingerprint density at radius 3 is 2.52 bits per heavy atom. The number of hydrogen-bond acceptors (Lipinski definition) is 3. The van der Waals surface area contributed by atoms with Crippen LogP contribution in [0.4, 0.5) is 0 Å². The maximum Gasteiger partial charge on any atom is 0.241 e. The van der Waals surface area contributed by atoms with Crippen LogP contribution in [0.5, 0.6) is 0 Å². The summed E-state index contributed by atoms with van der Waals surface area (Å²) >= 11 is 0. The van der Waals surface area contributed by atoms with Gasteiger partial charge in [-0.1, -0.05) is 50.6 Å². The first-order valence-corrected chi connectivity index (χ1v) is 7.72. The number of rotatable bonds is 6. The van der Waals surface area contributed by atoms with Gasteiger partial charge in [0.1, 0.15) is 6.17 Å². The molecule has 1 aliphatic heterocycles. The highest BCUT2D eigenvalue weighted by Gasteiger charge is 2.43. The summed E-state index contributed by atoms with van der Waals surface area (Å²) in [5.74, 6) is 0.506. The molecule has 1 heterocycles. The molecule has 1 saturated heterocycles. The Hall–Kier alpha value is -1.39. The lowest BCUT2D eigenvalue weighted by molar-refractivity contribution is -0.133. The summed E-state index contributed by atoms with van der Waals surface area (Å²) in [5, 5.41) is 3.52. The summed E-state index contributed by atoms with van der Waals surface area (Å²) in [7, 11) is 1.67. The van der Waals surface area contributed by atoms with E-state index in [2.05, 4.69) is 31.3 Å². The number of benzene rings is 1. The van der Waals surface area contributed by atoms with Crippen molar-refractivity contribution < 1.29 is 9.53 Å². The monoisotopic (exact) mass is 290 g/mol. The Balaban J connectivity index is 2.29. The molecule has 0 spiro atoms. The average molecular weight is 290 g/mol. The molecule has 1 aromatic rings. The van der Waals surface area contributed by atoms with Gasteiger partial charge in [-0.25, -0.2) is 0 Å². The standard InChI is InChI=1S/C17H26N2O2/c1-5-12(2)15-17(20)19(13(3)11-21-4)16(18-15)14-9-7-6-8-10-14/h6-10,12-13,15-16,18H,5,11H2,1-4H3. The van der Waals surface area contributed by atoms with E-state index < -0.39 is 0 Å². The summed E-state index contributed by atoms with van der Waals surface area (Å²) in [6.45, 7) is 6.84. The van der Waals surface area contributed by atoms with E-state index in [0.29, 0.717) is 12.5 Å². The molecule has 4 heteroatoms. The lowest BCUT2D eigenvalue weighted by atomic mass is 9.99. The largest absolute Gasteiger partial charge is 0.383 e. The summed E-state index contributed by atoms with van der Waals surface area (Å²) in [6.07, 6.45) is 0.917. The van der Waals surface area contributed by atoms with Gasteiger partial charge in [-0.15, -0.1) is 0 Å². The van der Waals surface area contributed by atoms with Gasteiger partial charge in [0.15, 0.2) is 0 Å². The van der Waals surface area contributed by atoms with Crippen molar-refractivity contribution >= 4 is 5.91 Å². The maximum atomic E-state index is 12.8. The zero-order valence-corrected chi connectivity index (χ0v) is 13.4. The van der Waals surface area contributed by atoms with Crippen LogP contribution in [0.15, 0.2) is 30.3 Å². The molecule has 4 nitrogen and oxygen atoms in total. The van der Waals surface area contributed by atoms with Crippen molar-refractivity contribution in [2.24, 2.45) is 5.92 Å². The first-order valence-electron chi connectivity index (χ1n) is 7.72. The van der Waals surface area contributed by atoms with Crippen LogP contribution in [-0.4, -0.2) is 36.6 Å². The molecule has 21 heavy (non-hydrogen) atoms. The number of nitrogens with zero attached hydrogens (tertiary/aromatic N) is 1. The molecule has 0 radical (unpaired) electrons. The van der Waals surface area contributed by atoms with Crippen LogP contribution >= 0.6 is 0 Å². The van der Waals surface area contributed by atoms with Crippen LogP contribution < -0.4 is 5.32 Å². The fraction of sp³-hybridized carbons (Fsp3) is 0.588. The zero-order valence-electron chi connectivity index (χ0n) is 13.4. The van der Waals surface area contributed by atoms with Crippen molar-refractivity contribution in [3.8, 4) is 0 Å². The molecule has 4 unspecified atom stereocenters. The van der Waals surface area contributed by atoms with E-state index in [1.165, 1.54) is 0 Å². The number of nitrogens with one attached hydrogen (secondary N) is 1. The summed E-state index contributed by atoms with van der Waals surface area (Å²) in [6, 6.07) is 10.1. The van der Waals surface area contributed by atoms with Crippen LogP contribution in [0, 0.1) is 5.92 Å². The fourth-order valence-electron chi connectivity index (χ4n) is 2.94. The van der Waals surface area contributed by atoms with E-state index in [0.717, 1.165) is 12.0 Å². The highest BCUT2D eigenvalue weighted by molar-refractivity contribution is 5.85. The van der Waals surface area contributed by atoms with Crippen molar-refractivity contribution in [3.63, 3.8) is 0 Å². The lowest BCUT2D eigenvalue weighted by Crippen LogP contribution is -2.41. The topological polar surface area (TPSA) is 41.6 Å². The highest BCUT2D eigenvalue weighted by atomic mass is 16.5. The third-order valence-electron chi connectivity index (χ3n) is 4.35. The maximum absolute atomic E-state index is 12.8. The molecule has 0 aromatic heterocycles. The predicted octanol–water partition coefficient (Wildman–Crippen LogP) is 2.57. The van der Waals surface area contributed by atoms with Gasteiger partial charge in [0.25, 0.3) is 0 Å². The van der Waals surface area contributed by atoms with E-state index in [4.69, 9.17) is 4.74 Å². The Bertz CT molecular complexity index is 463. The fourth-order valence-corrected chi connectivity index (χ4v) is 2.94. The number of methoxy groups -OCH3 is 1. The minimum atomic E-state index is -0.112. The van der Waals surface area contributed by atoms with Crippen molar-refractivity contribution in [3.05, 3.63) is 35.9 Å². The molecular formula is C17H26N2O2. The van der Waals surface area contributed by atoms with E-state index in [9.17, 15) is 4.79 Å². The Morgan fingerprint density at radius 2 is 1.95 bits per heavy atom. The van der Waals surface area contributed by atoms with Crippen LogP contribution in [0.2, 0.25) is 0 Å². The first kappa shape index (κ1) is 16.0. The van der Waals surface area contributed by atoms with Crippen LogP contribution in [0.1, 0.15) is 38.9 Å². The highest BCUT2D eigenvalue weighted by Crippen LogP contribution is 2.30. The molecule has 1 amide bonds. The minimum absolute atomic E-state index is 0.0502. The lowest BCUT2D eigenvalue weighted by Gasteiger charge is -2.30. The van der Waals surface area contributed by atoms with Gasteiger partial charge in [0.05, 0.1) is 18.7 Å². The second-order valence-electron chi connectivity index (χ2n) is 5.89. The molecule has 1 aliphatic rings. The number of carbonyl (C=O) groups excluding carboxylic acids is 1. The molecule has 1 N–H and O–H groups in total. The number of hydrogen-bond donors (Lipinski definition) is 1. The van der Waals surface area contributed by atoms with E-state index >= 15 is 0 Å². The number of ether oxygens (including phenoxy) is 1. The van der Waals surface area contributed by atoms with Crippen molar-refractivity contribution in [2.75, 3.05) is 13.7 Å². The SMILES string of the molecule is CCC(C)C1NC(c2ccccc2)N(C(C)COC)C1=O. The molecule has 0 bridgehead atoms. The molecule has 0 aliphatic carbocycles. The Morgan fingerprint density at radius 1 is 1.29 bits per heavy atom. The molecule has 0 saturated carbocycles. The average Bonchev–Trinajstić information content (AvgIpc) is 2.85. The van der Waals surface area contributed by atoms with Gasteiger partial charge < -0.3 is 9.64 Å². The zero-order chi connectivity index (χ0) is 15.4. The van der Waals surface area contributed by atoms with Gasteiger partial charge in [-0.3, -0.25) is 10.1 Å². The molecule has 116 valence electrons. The molecule has 4 atom stereocenters. The van der Waals surface area contributed by atoms with Crippen molar-refractivity contribution in [1.29, 1.82) is 0 Å². The normalized spacial score (nSPS) is 25.1. The van der Waals surface area contributed by atoms with E-state index in [-0.39, 0.29) is 24.2 Å². The summed E-state index contributed by atoms with van der Waals surface area (Å²) < 4.78 is 5.25. The molecule has 2 rings (SSSR count). The summed E-state index contributed by atoms with van der Waals surface area (Å²) in [4.78, 5) is 14.8. The first-order chi connectivity index (χ1) is 10.1. The Kier molecular flexibility index (Phi) is 5.37. The summed E-state index contributed by atoms with van der Waals surface area (Å²) in [5.41, 5.74) is 1.12. The second-order valence-corrected chi connectivity index (χ2v) is 5.89. The predicted molar refractivity (Wildman–Crippen MR) is 83.7 cm³/mol. The van der Waals surface area contributed by atoms with E-state index in [1.54, 1.807) is 7.11 Å². The third-order valence-corrected chi connectivity index (χ3v) is 4.35. The van der Waals surface area contributed by atoms with Crippen LogP contribution in [-0.2, 0) is 9.53 Å². The van der Waals surface area contributed by atoms with Gasteiger partial charge in [0, 0.05) is 7.11 Å². The third kappa shape index (κ3) is 3.27. The van der Waals surface area contributed by atoms with Crippen molar-refractivity contribution in [1.82, 2.24) is 10.2 Å². The van der Waals surface area contributed by atoms with Crippen LogP contribution in [0.3, 0.4) is 0 Å². The molecular weight excluding hydrogens is 264 g/mol.